The molecule has 2 heteroatoms. The van der Waals surface area contributed by atoms with Gasteiger partial charge in [0.05, 0.1) is 6.10 Å². The van der Waals surface area contributed by atoms with Crippen LogP contribution in [0.2, 0.25) is 0 Å². The van der Waals surface area contributed by atoms with E-state index >= 15 is 0 Å². The van der Waals surface area contributed by atoms with E-state index in [0.29, 0.717) is 6.61 Å². The molecule has 0 aliphatic heterocycles. The number of hydrogen-bond acceptors (Lipinski definition) is 2. The quantitative estimate of drug-likeness (QED) is 0.898. The number of rotatable bonds is 4. The smallest absolute Gasteiger partial charge is 0.119 e. The van der Waals surface area contributed by atoms with Crippen LogP contribution in [0.5, 0.6) is 5.75 Å². The lowest BCUT2D eigenvalue weighted by molar-refractivity contribution is 0.199. The molecule has 2 aromatic carbocycles. The monoisotopic (exact) mass is 256 g/mol. The Labute approximate surface area is 114 Å². The summed E-state index contributed by atoms with van der Waals surface area (Å²) in [5.41, 5.74) is 4.64. The molecule has 1 unspecified atom stereocenters. The molecular weight excluding hydrogens is 236 g/mol. The Morgan fingerprint density at radius 1 is 1.00 bits per heavy atom. The van der Waals surface area contributed by atoms with Gasteiger partial charge in [0.1, 0.15) is 12.4 Å². The highest BCUT2D eigenvalue weighted by molar-refractivity contribution is 5.34. The van der Waals surface area contributed by atoms with Crippen LogP contribution in [0.4, 0.5) is 0 Å². The lowest BCUT2D eigenvalue weighted by Gasteiger charge is -2.12. The van der Waals surface area contributed by atoms with Crippen molar-refractivity contribution < 1.29 is 9.84 Å². The third-order valence-corrected chi connectivity index (χ3v) is 3.39. The average Bonchev–Trinajstić information content (AvgIpc) is 2.38. The molecule has 1 atom stereocenters. The third kappa shape index (κ3) is 3.36. The number of ether oxygens (including phenoxy) is 1. The number of aliphatic hydroxyl groups is 1. The van der Waals surface area contributed by atoms with Gasteiger partial charge in [0.2, 0.25) is 0 Å². The zero-order valence-electron chi connectivity index (χ0n) is 11.7. The molecule has 0 saturated carbocycles. The molecule has 0 amide bonds. The second-order valence-electron chi connectivity index (χ2n) is 4.90. The lowest BCUT2D eigenvalue weighted by Crippen LogP contribution is -2.00. The van der Waals surface area contributed by atoms with Crippen LogP contribution in [0.25, 0.3) is 0 Å². The summed E-state index contributed by atoms with van der Waals surface area (Å²) in [6, 6.07) is 13.8. The Morgan fingerprint density at radius 2 is 1.58 bits per heavy atom. The van der Waals surface area contributed by atoms with Crippen LogP contribution in [0.15, 0.2) is 42.5 Å². The van der Waals surface area contributed by atoms with E-state index in [-0.39, 0.29) is 0 Å². The summed E-state index contributed by atoms with van der Waals surface area (Å²) in [4.78, 5) is 0. The first-order valence-corrected chi connectivity index (χ1v) is 6.54. The first kappa shape index (κ1) is 13.6. The van der Waals surface area contributed by atoms with Crippen LogP contribution in [-0.4, -0.2) is 5.11 Å². The number of aryl methyl sites for hydroxylation is 2. The summed E-state index contributed by atoms with van der Waals surface area (Å²) in [5.74, 6) is 0.826. The predicted molar refractivity (Wildman–Crippen MR) is 77.3 cm³/mol. The fraction of sp³-hybridized carbons (Fsp3) is 0.294. The molecule has 0 fully saturated rings. The van der Waals surface area contributed by atoms with Gasteiger partial charge in [0, 0.05) is 0 Å². The van der Waals surface area contributed by atoms with Crippen molar-refractivity contribution in [2.75, 3.05) is 0 Å². The van der Waals surface area contributed by atoms with Gasteiger partial charge in [-0.3, -0.25) is 0 Å². The van der Waals surface area contributed by atoms with Crippen molar-refractivity contribution in [1.29, 1.82) is 0 Å². The van der Waals surface area contributed by atoms with E-state index in [1.54, 1.807) is 6.92 Å². The number of benzene rings is 2. The molecule has 0 saturated heterocycles. The van der Waals surface area contributed by atoms with Crippen molar-refractivity contribution >= 4 is 0 Å². The second-order valence-corrected chi connectivity index (χ2v) is 4.90. The molecule has 1 N–H and O–H groups in total. The topological polar surface area (TPSA) is 29.5 Å². The van der Waals surface area contributed by atoms with Gasteiger partial charge in [0.15, 0.2) is 0 Å². The van der Waals surface area contributed by atoms with Crippen LogP contribution in [0, 0.1) is 13.8 Å². The number of aliphatic hydroxyl groups excluding tert-OH is 1. The molecule has 0 heterocycles. The fourth-order valence-corrected chi connectivity index (χ4v) is 2.07. The van der Waals surface area contributed by atoms with Crippen molar-refractivity contribution in [2.45, 2.75) is 33.5 Å². The molecule has 19 heavy (non-hydrogen) atoms. The zero-order chi connectivity index (χ0) is 13.8. The Bertz CT molecular complexity index is 521. The van der Waals surface area contributed by atoms with E-state index in [1.807, 2.05) is 24.3 Å². The molecule has 2 nitrogen and oxygen atoms in total. The molecule has 0 radical (unpaired) electrons. The van der Waals surface area contributed by atoms with Crippen molar-refractivity contribution in [2.24, 2.45) is 0 Å². The van der Waals surface area contributed by atoms with Gasteiger partial charge < -0.3 is 9.84 Å². The van der Waals surface area contributed by atoms with Crippen LogP contribution >= 0.6 is 0 Å². The molecule has 0 bridgehead atoms. The zero-order valence-corrected chi connectivity index (χ0v) is 11.7. The maximum Gasteiger partial charge on any atom is 0.119 e. The first-order valence-electron chi connectivity index (χ1n) is 6.54. The third-order valence-electron chi connectivity index (χ3n) is 3.39. The van der Waals surface area contributed by atoms with Gasteiger partial charge in [-0.05, 0) is 55.2 Å². The lowest BCUT2D eigenvalue weighted by atomic mass is 10.0. The van der Waals surface area contributed by atoms with Crippen molar-refractivity contribution in [1.82, 2.24) is 0 Å². The first-order chi connectivity index (χ1) is 9.08. The van der Waals surface area contributed by atoms with Crippen molar-refractivity contribution in [3.63, 3.8) is 0 Å². The highest BCUT2D eigenvalue weighted by Gasteiger charge is 2.04. The van der Waals surface area contributed by atoms with Gasteiger partial charge in [-0.1, -0.05) is 30.3 Å². The standard InChI is InChI=1S/C17H20O2/c1-12-5-4-6-13(2)17(12)11-19-16-9-7-15(8-10-16)14(3)18/h4-10,14,18H,11H2,1-3H3. The Hall–Kier alpha value is -1.80. The summed E-state index contributed by atoms with van der Waals surface area (Å²) in [6.07, 6.45) is -0.437. The summed E-state index contributed by atoms with van der Waals surface area (Å²) in [6.45, 7) is 6.53. The molecule has 2 rings (SSSR count). The van der Waals surface area contributed by atoms with Crippen molar-refractivity contribution in [3.05, 3.63) is 64.7 Å². The SMILES string of the molecule is Cc1cccc(C)c1COc1ccc(C(C)O)cc1. The van der Waals surface area contributed by atoms with Crippen LogP contribution in [0.3, 0.4) is 0 Å². The minimum absolute atomic E-state index is 0.437. The van der Waals surface area contributed by atoms with Crippen molar-refractivity contribution in [3.8, 4) is 5.75 Å². The normalized spacial score (nSPS) is 12.2. The molecule has 0 aliphatic carbocycles. The molecular formula is C17H20O2. The van der Waals surface area contributed by atoms with Crippen LogP contribution in [0.1, 0.15) is 35.3 Å². The van der Waals surface area contributed by atoms with E-state index in [9.17, 15) is 5.11 Å². The maximum atomic E-state index is 9.45. The summed E-state index contributed by atoms with van der Waals surface area (Å²) >= 11 is 0. The van der Waals surface area contributed by atoms with Gasteiger partial charge >= 0.3 is 0 Å². The van der Waals surface area contributed by atoms with Crippen LogP contribution in [-0.2, 0) is 6.61 Å². The van der Waals surface area contributed by atoms with E-state index in [4.69, 9.17) is 4.74 Å². The molecule has 100 valence electrons. The summed E-state index contributed by atoms with van der Waals surface area (Å²) < 4.78 is 5.81. The highest BCUT2D eigenvalue weighted by atomic mass is 16.5. The summed E-state index contributed by atoms with van der Waals surface area (Å²) in [5, 5.41) is 9.45. The second kappa shape index (κ2) is 5.89. The van der Waals surface area contributed by atoms with E-state index < -0.39 is 6.10 Å². The Balaban J connectivity index is 2.06. The minimum atomic E-state index is -0.437. The van der Waals surface area contributed by atoms with Gasteiger partial charge in [-0.2, -0.15) is 0 Å². The fourth-order valence-electron chi connectivity index (χ4n) is 2.07. The van der Waals surface area contributed by atoms with Crippen LogP contribution < -0.4 is 4.74 Å². The van der Waals surface area contributed by atoms with E-state index in [0.717, 1.165) is 11.3 Å². The van der Waals surface area contributed by atoms with Gasteiger partial charge in [-0.15, -0.1) is 0 Å². The average molecular weight is 256 g/mol. The maximum absolute atomic E-state index is 9.45. The predicted octanol–water partition coefficient (Wildman–Crippen LogP) is 3.94. The molecule has 2 aromatic rings. The summed E-state index contributed by atoms with van der Waals surface area (Å²) in [7, 11) is 0. The Kier molecular flexibility index (Phi) is 4.23. The Morgan fingerprint density at radius 3 is 2.11 bits per heavy atom. The number of hydrogen-bond donors (Lipinski definition) is 1. The molecule has 0 spiro atoms. The van der Waals surface area contributed by atoms with Gasteiger partial charge in [0.25, 0.3) is 0 Å². The molecule has 0 aromatic heterocycles. The molecule has 0 aliphatic rings. The van der Waals surface area contributed by atoms with E-state index in [2.05, 4.69) is 32.0 Å². The van der Waals surface area contributed by atoms with Gasteiger partial charge in [-0.25, -0.2) is 0 Å². The largest absolute Gasteiger partial charge is 0.489 e. The minimum Gasteiger partial charge on any atom is -0.489 e. The highest BCUT2D eigenvalue weighted by Crippen LogP contribution is 2.20. The van der Waals surface area contributed by atoms with E-state index in [1.165, 1.54) is 16.7 Å².